The number of unbranched alkanes of at least 4 members (excludes halogenated alkanes) is 13. The van der Waals surface area contributed by atoms with Crippen molar-refractivity contribution < 1.29 is 37.5 Å². The molecule has 4 unspecified atom stereocenters. The van der Waals surface area contributed by atoms with Gasteiger partial charge in [0.25, 0.3) is 0 Å². The predicted molar refractivity (Wildman–Crippen MR) is 150 cm³/mol. The summed E-state index contributed by atoms with van der Waals surface area (Å²) < 4.78 is 48.1. The van der Waals surface area contributed by atoms with Gasteiger partial charge < -0.3 is 19.7 Å². The van der Waals surface area contributed by atoms with Gasteiger partial charge in [0.15, 0.2) is 9.84 Å². The Morgan fingerprint density at radius 3 is 1.78 bits per heavy atom. The van der Waals surface area contributed by atoms with Crippen molar-refractivity contribution in [1.29, 1.82) is 0 Å². The van der Waals surface area contributed by atoms with E-state index in [0.717, 1.165) is 38.5 Å². The zero-order chi connectivity index (χ0) is 28.0. The first-order valence-corrected chi connectivity index (χ1v) is 17.1. The minimum Gasteiger partial charge on any atom is -0.474 e. The standard InChI is InChI=1S/C27H53O8PS/c1-4-6-8-10-12-13-14-16-18-23-37(32,33)25(20-17-15-11-9-7-5-2)24(3)34-21-19-22-35-27(30,36-31)26(28)29/h24-25,30H,4-23H2,1-3H3,(H,28,29)/p+1. The zero-order valence-electron chi connectivity index (χ0n) is 23.5. The van der Waals surface area contributed by atoms with Crippen LogP contribution >= 0.6 is 8.46 Å². The largest absolute Gasteiger partial charge is 0.474 e. The summed E-state index contributed by atoms with van der Waals surface area (Å²) >= 11 is 0. The number of carboxylic acid groups (broad SMARTS) is 1. The molecule has 0 rings (SSSR count). The van der Waals surface area contributed by atoms with E-state index in [1.165, 1.54) is 51.4 Å². The molecule has 0 aromatic rings. The summed E-state index contributed by atoms with van der Waals surface area (Å²) in [6.07, 6.45) is 17.0. The number of hydrogen-bond donors (Lipinski definition) is 2. The van der Waals surface area contributed by atoms with Crippen molar-refractivity contribution in [1.82, 2.24) is 0 Å². The highest BCUT2D eigenvalue weighted by Gasteiger charge is 2.47. The van der Waals surface area contributed by atoms with Crippen molar-refractivity contribution in [3.8, 4) is 0 Å². The predicted octanol–water partition coefficient (Wildman–Crippen LogP) is 6.62. The quantitative estimate of drug-likeness (QED) is 0.0642. The second-order valence-electron chi connectivity index (χ2n) is 10.1. The molecule has 0 heterocycles. The van der Waals surface area contributed by atoms with Crippen molar-refractivity contribution in [2.75, 3.05) is 19.0 Å². The molecule has 0 saturated carbocycles. The molecule has 0 aromatic heterocycles. The van der Waals surface area contributed by atoms with E-state index in [9.17, 15) is 22.9 Å². The summed E-state index contributed by atoms with van der Waals surface area (Å²) in [7, 11) is -4.88. The van der Waals surface area contributed by atoms with E-state index in [2.05, 4.69) is 13.8 Å². The third-order valence-corrected chi connectivity index (χ3v) is 9.80. The molecule has 0 spiro atoms. The Hall–Kier alpha value is -0.600. The van der Waals surface area contributed by atoms with Gasteiger partial charge in [0.2, 0.25) is 0 Å². The third-order valence-electron chi connectivity index (χ3n) is 6.77. The molecule has 0 radical (unpaired) electrons. The van der Waals surface area contributed by atoms with Crippen molar-refractivity contribution in [3.05, 3.63) is 0 Å². The van der Waals surface area contributed by atoms with Gasteiger partial charge in [0.1, 0.15) is 0 Å². The van der Waals surface area contributed by atoms with Gasteiger partial charge in [0, 0.05) is 6.61 Å². The number of sulfone groups is 1. The van der Waals surface area contributed by atoms with Crippen LogP contribution in [-0.2, 0) is 28.7 Å². The lowest BCUT2D eigenvalue weighted by Crippen LogP contribution is -2.37. The van der Waals surface area contributed by atoms with Gasteiger partial charge in [-0.05, 0) is 26.2 Å². The van der Waals surface area contributed by atoms with Crippen molar-refractivity contribution in [3.63, 3.8) is 0 Å². The van der Waals surface area contributed by atoms with Crippen LogP contribution in [0.15, 0.2) is 0 Å². The van der Waals surface area contributed by atoms with E-state index in [0.29, 0.717) is 12.8 Å². The van der Waals surface area contributed by atoms with E-state index in [1.807, 2.05) is 0 Å². The minimum atomic E-state index is -3.32. The molecular weight excluding hydrogens is 515 g/mol. The molecule has 0 saturated heterocycles. The Morgan fingerprint density at radius 2 is 1.30 bits per heavy atom. The molecule has 4 atom stereocenters. The van der Waals surface area contributed by atoms with E-state index < -0.39 is 41.1 Å². The Bertz CT molecular complexity index is 688. The normalized spacial score (nSPS) is 15.5. The lowest BCUT2D eigenvalue weighted by atomic mass is 10.1. The maximum atomic E-state index is 13.2. The average molecular weight is 570 g/mol. The van der Waals surface area contributed by atoms with E-state index in [4.69, 9.17) is 14.6 Å². The van der Waals surface area contributed by atoms with Crippen molar-refractivity contribution in [2.45, 2.75) is 147 Å². The molecule has 0 bridgehead atoms. The van der Waals surface area contributed by atoms with E-state index in [-0.39, 0.29) is 25.4 Å². The van der Waals surface area contributed by atoms with Crippen molar-refractivity contribution >= 4 is 24.3 Å². The van der Waals surface area contributed by atoms with Gasteiger partial charge in [0.05, 0.1) is 23.7 Å². The van der Waals surface area contributed by atoms with E-state index in [1.54, 1.807) is 6.92 Å². The molecule has 0 aliphatic heterocycles. The first-order chi connectivity index (χ1) is 17.6. The van der Waals surface area contributed by atoms with Crippen LogP contribution < -0.4 is 0 Å². The molecule has 0 amide bonds. The number of carboxylic acids is 1. The fraction of sp³-hybridized carbons (Fsp3) is 0.963. The summed E-state index contributed by atoms with van der Waals surface area (Å²) in [4.78, 5) is 10.9. The first-order valence-electron chi connectivity index (χ1n) is 14.5. The lowest BCUT2D eigenvalue weighted by Gasteiger charge is -2.25. The zero-order valence-corrected chi connectivity index (χ0v) is 25.4. The van der Waals surface area contributed by atoms with Crippen LogP contribution in [0.25, 0.3) is 0 Å². The van der Waals surface area contributed by atoms with Crippen LogP contribution in [0.1, 0.15) is 130 Å². The van der Waals surface area contributed by atoms with Crippen LogP contribution in [-0.4, -0.2) is 60.4 Å². The van der Waals surface area contributed by atoms with Gasteiger partial charge in [-0.1, -0.05) is 108 Å². The van der Waals surface area contributed by atoms with Gasteiger partial charge in [-0.3, -0.25) is 0 Å². The lowest BCUT2D eigenvalue weighted by molar-refractivity contribution is -0.190. The Kier molecular flexibility index (Phi) is 21.9. The van der Waals surface area contributed by atoms with Gasteiger partial charge in [-0.2, -0.15) is 0 Å². The summed E-state index contributed by atoms with van der Waals surface area (Å²) in [6, 6.07) is 0. The molecule has 2 N–H and O–H groups in total. The SMILES string of the molecule is CCCCCCCCCCCS(=O)(=O)C(CCCCCCCC)C(C)OCCCOC(O)([PH+]=O)C(=O)O. The second kappa shape index (κ2) is 22.2. The number of rotatable bonds is 27. The molecule has 220 valence electrons. The summed E-state index contributed by atoms with van der Waals surface area (Å²) in [5, 5.41) is 17.9. The van der Waals surface area contributed by atoms with E-state index >= 15 is 0 Å². The molecule has 0 aromatic carbocycles. The van der Waals surface area contributed by atoms with Crippen LogP contribution in [0.3, 0.4) is 0 Å². The van der Waals surface area contributed by atoms with Crippen LogP contribution in [0, 0.1) is 0 Å². The highest BCUT2D eigenvalue weighted by Crippen LogP contribution is 2.23. The number of hydrogen-bond acceptors (Lipinski definition) is 7. The highest BCUT2D eigenvalue weighted by atomic mass is 32.2. The summed E-state index contributed by atoms with van der Waals surface area (Å²) in [5.74, 6) is -1.53. The number of aliphatic carboxylic acids is 1. The van der Waals surface area contributed by atoms with Gasteiger partial charge in [-0.25, -0.2) is 13.2 Å². The molecular formula is C27H54O8PS+. The van der Waals surface area contributed by atoms with Gasteiger partial charge >= 0.3 is 20.0 Å². The van der Waals surface area contributed by atoms with Crippen LogP contribution in [0.2, 0.25) is 0 Å². The molecule has 10 heteroatoms. The summed E-state index contributed by atoms with van der Waals surface area (Å²) in [5.41, 5.74) is -2.72. The topological polar surface area (TPSA) is 127 Å². The monoisotopic (exact) mass is 569 g/mol. The van der Waals surface area contributed by atoms with Crippen LogP contribution in [0.4, 0.5) is 0 Å². The van der Waals surface area contributed by atoms with Gasteiger partial charge in [-0.15, -0.1) is 0 Å². The number of aliphatic hydroxyl groups is 1. The third kappa shape index (κ3) is 17.6. The smallest absolute Gasteiger partial charge is 0.470 e. The second-order valence-corrected chi connectivity index (χ2v) is 13.3. The molecule has 0 fully saturated rings. The summed E-state index contributed by atoms with van der Waals surface area (Å²) in [6.45, 7) is 6.14. The minimum absolute atomic E-state index is 0.152. The van der Waals surface area contributed by atoms with Crippen LogP contribution in [0.5, 0.6) is 0 Å². The molecule has 0 aliphatic rings. The first kappa shape index (κ1) is 36.4. The molecule has 37 heavy (non-hydrogen) atoms. The number of ether oxygens (including phenoxy) is 2. The molecule has 0 aliphatic carbocycles. The Morgan fingerprint density at radius 1 is 0.811 bits per heavy atom. The maximum absolute atomic E-state index is 13.2. The Balaban J connectivity index is 4.66. The fourth-order valence-electron chi connectivity index (χ4n) is 4.39. The molecule has 8 nitrogen and oxygen atoms in total. The Labute approximate surface area is 227 Å². The fourth-order valence-corrected chi connectivity index (χ4v) is 6.73. The maximum Gasteiger partial charge on any atom is 0.470 e. The number of carbonyl (C=O) groups is 1. The average Bonchev–Trinajstić information content (AvgIpc) is 2.86. The van der Waals surface area contributed by atoms with Crippen molar-refractivity contribution in [2.24, 2.45) is 0 Å². The highest BCUT2D eigenvalue weighted by molar-refractivity contribution is 7.92.